The van der Waals surface area contributed by atoms with Crippen LogP contribution in [0.2, 0.25) is 0 Å². The van der Waals surface area contributed by atoms with E-state index in [0.717, 1.165) is 41.0 Å². The Labute approximate surface area is 117 Å². The summed E-state index contributed by atoms with van der Waals surface area (Å²) in [5.74, 6) is 0.834. The van der Waals surface area contributed by atoms with Crippen LogP contribution in [-0.2, 0) is 10.3 Å². The smallest absolute Gasteiger partial charge is 0.178 e. The fourth-order valence-electron chi connectivity index (χ4n) is 2.85. The van der Waals surface area contributed by atoms with E-state index in [-0.39, 0.29) is 5.54 Å². The number of hydrogen-bond donors (Lipinski definition) is 1. The first kappa shape index (κ1) is 12.7. The van der Waals surface area contributed by atoms with Gasteiger partial charge in [0.15, 0.2) is 4.77 Å². The van der Waals surface area contributed by atoms with Gasteiger partial charge in [-0.3, -0.25) is 0 Å². The fraction of sp³-hybridized carbons (Fsp3) is 0.500. The average Bonchev–Trinajstić information content (AvgIpc) is 2.74. The number of ether oxygens (including phenoxy) is 2. The number of benzene rings is 1. The van der Waals surface area contributed by atoms with Gasteiger partial charge in [-0.15, -0.1) is 0 Å². The molecule has 1 aliphatic rings. The Bertz CT molecular complexity index is 653. The van der Waals surface area contributed by atoms with Gasteiger partial charge < -0.3 is 19.0 Å². The van der Waals surface area contributed by atoms with Crippen molar-refractivity contribution >= 4 is 23.3 Å². The van der Waals surface area contributed by atoms with Gasteiger partial charge in [0.25, 0.3) is 0 Å². The van der Waals surface area contributed by atoms with Crippen LogP contribution < -0.4 is 4.74 Å². The molecule has 0 radical (unpaired) electrons. The molecule has 2 aromatic rings. The van der Waals surface area contributed by atoms with Crippen molar-refractivity contribution in [1.82, 2.24) is 9.55 Å². The number of fused-ring (bicyclic) bond motifs is 1. The lowest BCUT2D eigenvalue weighted by molar-refractivity contribution is 0.0108. The summed E-state index contributed by atoms with van der Waals surface area (Å²) in [7, 11) is 1.67. The zero-order valence-corrected chi connectivity index (χ0v) is 12.0. The molecule has 19 heavy (non-hydrogen) atoms. The third-order valence-electron chi connectivity index (χ3n) is 3.85. The lowest BCUT2D eigenvalue weighted by atomic mass is 9.94. The highest BCUT2D eigenvalue weighted by Gasteiger charge is 2.31. The van der Waals surface area contributed by atoms with Gasteiger partial charge in [-0.1, -0.05) is 0 Å². The van der Waals surface area contributed by atoms with Crippen LogP contribution in [0.4, 0.5) is 0 Å². The van der Waals surface area contributed by atoms with Crippen LogP contribution in [-0.4, -0.2) is 29.9 Å². The number of rotatable bonds is 2. The number of aromatic nitrogens is 2. The molecule has 5 heteroatoms. The second-order valence-electron chi connectivity index (χ2n) is 5.30. The van der Waals surface area contributed by atoms with Crippen LogP contribution in [0.3, 0.4) is 0 Å². The molecule has 0 saturated carbocycles. The number of nitrogens with zero attached hydrogens (tertiary/aromatic N) is 1. The summed E-state index contributed by atoms with van der Waals surface area (Å²) in [5.41, 5.74) is 2.05. The first-order valence-electron chi connectivity index (χ1n) is 6.51. The molecule has 1 aromatic carbocycles. The van der Waals surface area contributed by atoms with Crippen molar-refractivity contribution in [1.29, 1.82) is 0 Å². The minimum Gasteiger partial charge on any atom is -0.497 e. The summed E-state index contributed by atoms with van der Waals surface area (Å²) in [6.45, 7) is 3.76. The van der Waals surface area contributed by atoms with Crippen molar-refractivity contribution in [3.05, 3.63) is 23.0 Å². The molecule has 1 saturated heterocycles. The molecule has 3 rings (SSSR count). The number of hydrogen-bond acceptors (Lipinski definition) is 3. The SMILES string of the molecule is COc1ccc2c(c1)[nH]c(=S)n2C1(C)CCCOC1. The second-order valence-corrected chi connectivity index (χ2v) is 5.69. The van der Waals surface area contributed by atoms with E-state index in [1.807, 2.05) is 12.1 Å². The largest absolute Gasteiger partial charge is 0.497 e. The summed E-state index contributed by atoms with van der Waals surface area (Å²) < 4.78 is 13.8. The summed E-state index contributed by atoms with van der Waals surface area (Å²) in [4.78, 5) is 3.27. The van der Waals surface area contributed by atoms with Crippen molar-refractivity contribution in [2.75, 3.05) is 20.3 Å². The maximum Gasteiger partial charge on any atom is 0.178 e. The molecule has 4 nitrogen and oxygen atoms in total. The zero-order valence-electron chi connectivity index (χ0n) is 11.2. The van der Waals surface area contributed by atoms with Crippen molar-refractivity contribution in [3.63, 3.8) is 0 Å². The molecule has 0 amide bonds. The van der Waals surface area contributed by atoms with Crippen LogP contribution in [0, 0.1) is 4.77 Å². The average molecular weight is 278 g/mol. The van der Waals surface area contributed by atoms with Crippen LogP contribution in [0.1, 0.15) is 19.8 Å². The molecule has 1 N–H and O–H groups in total. The van der Waals surface area contributed by atoms with Gasteiger partial charge in [0, 0.05) is 12.7 Å². The molecule has 0 bridgehead atoms. The fourth-order valence-corrected chi connectivity index (χ4v) is 3.28. The second kappa shape index (κ2) is 4.65. The lowest BCUT2D eigenvalue weighted by Crippen LogP contribution is -2.39. The molecule has 1 aliphatic heterocycles. The number of imidazole rings is 1. The van der Waals surface area contributed by atoms with E-state index in [0.29, 0.717) is 6.61 Å². The van der Waals surface area contributed by atoms with Crippen molar-refractivity contribution < 1.29 is 9.47 Å². The highest BCUT2D eigenvalue weighted by Crippen LogP contribution is 2.32. The van der Waals surface area contributed by atoms with E-state index >= 15 is 0 Å². The quantitative estimate of drug-likeness (QED) is 0.857. The maximum atomic E-state index is 5.65. The first-order chi connectivity index (χ1) is 9.14. The molecule has 0 aliphatic carbocycles. The Balaban J connectivity index is 2.18. The lowest BCUT2D eigenvalue weighted by Gasteiger charge is -2.35. The van der Waals surface area contributed by atoms with Crippen molar-refractivity contribution in [3.8, 4) is 5.75 Å². The Morgan fingerprint density at radius 1 is 1.47 bits per heavy atom. The van der Waals surface area contributed by atoms with Gasteiger partial charge in [-0.2, -0.15) is 0 Å². The molecule has 1 atom stereocenters. The van der Waals surface area contributed by atoms with Crippen molar-refractivity contribution in [2.45, 2.75) is 25.3 Å². The van der Waals surface area contributed by atoms with E-state index in [9.17, 15) is 0 Å². The predicted molar refractivity (Wildman–Crippen MR) is 77.4 cm³/mol. The number of nitrogens with one attached hydrogen (secondary N) is 1. The molecule has 2 heterocycles. The molecule has 1 fully saturated rings. The Kier molecular flexibility index (Phi) is 3.11. The Morgan fingerprint density at radius 3 is 3.00 bits per heavy atom. The minimum absolute atomic E-state index is 0.0673. The van der Waals surface area contributed by atoms with E-state index in [1.165, 1.54) is 0 Å². The molecule has 1 unspecified atom stereocenters. The highest BCUT2D eigenvalue weighted by atomic mass is 32.1. The minimum atomic E-state index is -0.0673. The number of methoxy groups -OCH3 is 1. The predicted octanol–water partition coefficient (Wildman–Crippen LogP) is 3.23. The molecular weight excluding hydrogens is 260 g/mol. The summed E-state index contributed by atoms with van der Waals surface area (Å²) >= 11 is 5.50. The number of H-pyrrole nitrogens is 1. The molecule has 1 aromatic heterocycles. The van der Waals surface area contributed by atoms with Gasteiger partial charge >= 0.3 is 0 Å². The van der Waals surface area contributed by atoms with E-state index in [4.69, 9.17) is 21.7 Å². The Hall–Kier alpha value is -1.33. The van der Waals surface area contributed by atoms with Crippen LogP contribution >= 0.6 is 12.2 Å². The number of aromatic amines is 1. The standard InChI is InChI=1S/C14H18N2O2S/c1-14(6-3-7-18-9-14)16-12-5-4-10(17-2)8-11(12)15-13(16)19/h4-5,8H,3,6-7,9H2,1-2H3,(H,15,19). The van der Waals surface area contributed by atoms with Gasteiger partial charge in [-0.05, 0) is 44.1 Å². The van der Waals surface area contributed by atoms with Crippen molar-refractivity contribution in [2.24, 2.45) is 0 Å². The van der Waals surface area contributed by atoms with Crippen LogP contribution in [0.15, 0.2) is 18.2 Å². The summed E-state index contributed by atoms with van der Waals surface area (Å²) in [6.07, 6.45) is 2.15. The third kappa shape index (κ3) is 2.07. The zero-order chi connectivity index (χ0) is 13.5. The topological polar surface area (TPSA) is 39.2 Å². The first-order valence-corrected chi connectivity index (χ1v) is 6.92. The van der Waals surface area contributed by atoms with Gasteiger partial charge in [0.05, 0.1) is 30.3 Å². The van der Waals surface area contributed by atoms with E-state index in [2.05, 4.69) is 22.5 Å². The van der Waals surface area contributed by atoms with Crippen LogP contribution in [0.5, 0.6) is 5.75 Å². The normalized spacial score (nSPS) is 23.7. The monoisotopic (exact) mass is 278 g/mol. The van der Waals surface area contributed by atoms with E-state index in [1.54, 1.807) is 7.11 Å². The van der Waals surface area contributed by atoms with Crippen LogP contribution in [0.25, 0.3) is 11.0 Å². The van der Waals surface area contributed by atoms with Gasteiger partial charge in [-0.25, -0.2) is 0 Å². The maximum absolute atomic E-state index is 5.65. The van der Waals surface area contributed by atoms with Gasteiger partial charge in [0.1, 0.15) is 5.75 Å². The van der Waals surface area contributed by atoms with E-state index < -0.39 is 0 Å². The highest BCUT2D eigenvalue weighted by molar-refractivity contribution is 7.71. The third-order valence-corrected chi connectivity index (χ3v) is 4.13. The van der Waals surface area contributed by atoms with Gasteiger partial charge in [0.2, 0.25) is 0 Å². The Morgan fingerprint density at radius 2 is 2.32 bits per heavy atom. The molecule has 102 valence electrons. The molecule has 0 spiro atoms. The summed E-state index contributed by atoms with van der Waals surface area (Å²) in [6, 6.07) is 6.00. The molecular formula is C14H18N2O2S. The summed E-state index contributed by atoms with van der Waals surface area (Å²) in [5, 5.41) is 0.